The Bertz CT molecular complexity index is 656. The van der Waals surface area contributed by atoms with E-state index >= 15 is 0 Å². The molecule has 0 aliphatic heterocycles. The molecule has 0 atom stereocenters. The van der Waals surface area contributed by atoms with Gasteiger partial charge in [0.1, 0.15) is 0 Å². The molecule has 92 valence electrons. The third kappa shape index (κ3) is 3.07. The van der Waals surface area contributed by atoms with Crippen molar-refractivity contribution in [3.63, 3.8) is 0 Å². The first kappa shape index (κ1) is 13.0. The molecule has 2 rings (SSSR count). The fourth-order valence-electron chi connectivity index (χ4n) is 1.59. The van der Waals surface area contributed by atoms with Gasteiger partial charge in [-0.3, -0.25) is 9.59 Å². The molecule has 19 heavy (non-hydrogen) atoms. The summed E-state index contributed by atoms with van der Waals surface area (Å²) in [4.78, 5) is 27.7. The molecule has 0 amide bonds. The zero-order valence-corrected chi connectivity index (χ0v) is 10.7. The van der Waals surface area contributed by atoms with Crippen LogP contribution in [-0.2, 0) is 0 Å². The topological polar surface area (TPSA) is 46.5 Å². The largest absolute Gasteiger partial charge is 0.285 e. The quantitative estimate of drug-likeness (QED) is 0.369. The van der Waals surface area contributed by atoms with E-state index in [4.69, 9.17) is 0 Å². The lowest BCUT2D eigenvalue weighted by Crippen LogP contribution is -2.14. The van der Waals surface area contributed by atoms with Crippen LogP contribution in [0, 0.1) is 0 Å². The van der Waals surface area contributed by atoms with Gasteiger partial charge >= 0.3 is 0 Å². The minimum atomic E-state index is -0.538. The Hall–Kier alpha value is -2.42. The molecule has 0 saturated carbocycles. The van der Waals surface area contributed by atoms with E-state index in [0.29, 0.717) is 16.8 Å². The van der Waals surface area contributed by atoms with Gasteiger partial charge in [-0.25, -0.2) is 0 Å². The van der Waals surface area contributed by atoms with E-state index in [0.717, 1.165) is 0 Å². The zero-order chi connectivity index (χ0) is 13.7. The predicted octanol–water partition coefficient (Wildman–Crippen LogP) is 3.49. The highest BCUT2D eigenvalue weighted by Crippen LogP contribution is 2.14. The van der Waals surface area contributed by atoms with Crippen LogP contribution in [0.25, 0.3) is 0 Å². The number of carbonyl (C=O) groups excluding carboxylic acids is 2. The summed E-state index contributed by atoms with van der Waals surface area (Å²) < 4.78 is 0. The number of ketones is 2. The van der Waals surface area contributed by atoms with Gasteiger partial charge in [-0.1, -0.05) is 30.3 Å². The summed E-state index contributed by atoms with van der Waals surface area (Å²) in [6.45, 7) is 0. The van der Waals surface area contributed by atoms with E-state index in [1.54, 1.807) is 54.6 Å². The number of aliphatic imine (C=N–C) groups is 1. The van der Waals surface area contributed by atoms with Gasteiger partial charge in [0.15, 0.2) is 0 Å². The van der Waals surface area contributed by atoms with Gasteiger partial charge in [0.05, 0.1) is 10.8 Å². The Morgan fingerprint density at radius 2 is 1.37 bits per heavy atom. The second-order valence-electron chi connectivity index (χ2n) is 3.77. The fraction of sp³-hybridized carbons (Fsp3) is 0. The number of carbonyl (C=O) groups is 2. The molecule has 2 aromatic carbocycles. The van der Waals surface area contributed by atoms with Gasteiger partial charge in [0.25, 0.3) is 0 Å². The van der Waals surface area contributed by atoms with Crippen molar-refractivity contribution in [2.75, 3.05) is 0 Å². The maximum absolute atomic E-state index is 12.0. The van der Waals surface area contributed by atoms with Crippen LogP contribution in [0.15, 0.2) is 59.6 Å². The molecule has 0 bridgehead atoms. The summed E-state index contributed by atoms with van der Waals surface area (Å²) in [5.74, 6) is -1.06. The molecule has 0 saturated heterocycles. The average Bonchev–Trinajstić information content (AvgIpc) is 2.48. The number of hydrogen-bond donors (Lipinski definition) is 0. The summed E-state index contributed by atoms with van der Waals surface area (Å²) in [7, 11) is 0. The van der Waals surface area contributed by atoms with Crippen LogP contribution in [0.1, 0.15) is 20.7 Å². The molecule has 0 spiro atoms. The van der Waals surface area contributed by atoms with Gasteiger partial charge in [-0.05, 0) is 36.5 Å². The Kier molecular flexibility index (Phi) is 4.08. The molecule has 3 nitrogen and oxygen atoms in total. The first-order valence-electron chi connectivity index (χ1n) is 5.54. The normalized spacial score (nSPS) is 9.47. The summed E-state index contributed by atoms with van der Waals surface area (Å²) >= 11 is 4.49. The third-order valence-corrected chi connectivity index (χ3v) is 2.64. The average molecular weight is 267 g/mol. The van der Waals surface area contributed by atoms with Crippen molar-refractivity contribution in [3.8, 4) is 0 Å². The number of nitrogens with zero attached hydrogens (tertiary/aromatic N) is 1. The predicted molar refractivity (Wildman–Crippen MR) is 76.2 cm³/mol. The Morgan fingerprint density at radius 1 is 0.842 bits per heavy atom. The Labute approximate surface area is 115 Å². The first-order chi connectivity index (χ1) is 9.22. The molecule has 0 aliphatic carbocycles. The molecule has 0 aliphatic rings. The van der Waals surface area contributed by atoms with Gasteiger partial charge in [0.2, 0.25) is 11.6 Å². The van der Waals surface area contributed by atoms with E-state index < -0.39 is 11.6 Å². The maximum atomic E-state index is 12.0. The molecule has 0 fully saturated rings. The number of Topliss-reactive ketones (excluding diaryl/α,β-unsaturated/α-hetero) is 2. The van der Waals surface area contributed by atoms with E-state index in [9.17, 15) is 9.59 Å². The van der Waals surface area contributed by atoms with Gasteiger partial charge < -0.3 is 0 Å². The lowest BCUT2D eigenvalue weighted by Gasteiger charge is -2.00. The van der Waals surface area contributed by atoms with Crippen molar-refractivity contribution in [1.29, 1.82) is 0 Å². The number of hydrogen-bond acceptors (Lipinski definition) is 4. The second kappa shape index (κ2) is 5.96. The van der Waals surface area contributed by atoms with Crippen LogP contribution in [-0.4, -0.2) is 16.7 Å². The molecule has 0 aromatic heterocycles. The van der Waals surface area contributed by atoms with Crippen molar-refractivity contribution in [2.24, 2.45) is 4.99 Å². The SMILES string of the molecule is O=C(C(=O)c1ccc(N=C=S)cc1)c1ccccc1. The second-order valence-corrected chi connectivity index (χ2v) is 3.96. The number of benzene rings is 2. The van der Waals surface area contributed by atoms with E-state index in [1.165, 1.54) is 0 Å². The minimum Gasteiger partial charge on any atom is -0.285 e. The van der Waals surface area contributed by atoms with Crippen LogP contribution in [0.4, 0.5) is 5.69 Å². The standard InChI is InChI=1S/C15H9NO2S/c17-14(11-4-2-1-3-5-11)15(18)12-6-8-13(9-7-12)16-10-19/h1-9H. The molecule has 0 unspecified atom stereocenters. The van der Waals surface area contributed by atoms with Crippen LogP contribution < -0.4 is 0 Å². The van der Waals surface area contributed by atoms with Gasteiger partial charge in [0, 0.05) is 11.1 Å². The Morgan fingerprint density at radius 3 is 1.89 bits per heavy atom. The van der Waals surface area contributed by atoms with Crippen molar-refractivity contribution < 1.29 is 9.59 Å². The van der Waals surface area contributed by atoms with Crippen LogP contribution >= 0.6 is 12.2 Å². The van der Waals surface area contributed by atoms with Crippen molar-refractivity contribution in [3.05, 3.63) is 65.7 Å². The highest BCUT2D eigenvalue weighted by Gasteiger charge is 2.17. The van der Waals surface area contributed by atoms with Crippen molar-refractivity contribution >= 4 is 34.6 Å². The maximum Gasteiger partial charge on any atom is 0.233 e. The monoisotopic (exact) mass is 267 g/mol. The van der Waals surface area contributed by atoms with Crippen molar-refractivity contribution in [1.82, 2.24) is 0 Å². The lowest BCUT2D eigenvalue weighted by molar-refractivity contribution is 0.0817. The summed E-state index contributed by atoms with van der Waals surface area (Å²) in [5.41, 5.74) is 1.31. The minimum absolute atomic E-state index is 0.331. The fourth-order valence-corrected chi connectivity index (χ4v) is 1.70. The number of isothiocyanates is 1. The van der Waals surface area contributed by atoms with Gasteiger partial charge in [-0.2, -0.15) is 4.99 Å². The summed E-state index contributed by atoms with van der Waals surface area (Å²) in [5, 5.41) is 2.24. The van der Waals surface area contributed by atoms with Crippen LogP contribution in [0.3, 0.4) is 0 Å². The number of thiocarbonyl (C=S) groups is 1. The molecule has 0 heterocycles. The van der Waals surface area contributed by atoms with Crippen LogP contribution in [0.2, 0.25) is 0 Å². The Balaban J connectivity index is 2.25. The third-order valence-electron chi connectivity index (χ3n) is 2.55. The first-order valence-corrected chi connectivity index (χ1v) is 5.95. The molecule has 0 N–H and O–H groups in total. The molecule has 4 heteroatoms. The molecular formula is C15H9NO2S. The van der Waals surface area contributed by atoms with E-state index in [1.807, 2.05) is 0 Å². The number of rotatable bonds is 4. The van der Waals surface area contributed by atoms with E-state index in [-0.39, 0.29) is 0 Å². The molecule has 0 radical (unpaired) electrons. The highest BCUT2D eigenvalue weighted by atomic mass is 32.1. The molecule has 2 aromatic rings. The van der Waals surface area contributed by atoms with Gasteiger partial charge in [-0.15, -0.1) is 0 Å². The van der Waals surface area contributed by atoms with Crippen LogP contribution in [0.5, 0.6) is 0 Å². The smallest absolute Gasteiger partial charge is 0.233 e. The molecular weight excluding hydrogens is 258 g/mol. The summed E-state index contributed by atoms with van der Waals surface area (Å²) in [6, 6.07) is 14.8. The highest BCUT2D eigenvalue weighted by molar-refractivity contribution is 7.78. The zero-order valence-electron chi connectivity index (χ0n) is 9.87. The van der Waals surface area contributed by atoms with Crippen molar-refractivity contribution in [2.45, 2.75) is 0 Å². The lowest BCUT2D eigenvalue weighted by atomic mass is 10.0. The summed E-state index contributed by atoms with van der Waals surface area (Å²) in [6.07, 6.45) is 0. The van der Waals surface area contributed by atoms with E-state index in [2.05, 4.69) is 22.4 Å².